The van der Waals surface area contributed by atoms with E-state index in [0.29, 0.717) is 24.7 Å². The van der Waals surface area contributed by atoms with E-state index in [1.165, 1.54) is 17.2 Å². The molecule has 0 bridgehead atoms. The summed E-state index contributed by atoms with van der Waals surface area (Å²) in [5.74, 6) is 1.08. The Kier molecular flexibility index (Phi) is 6.78. The van der Waals surface area contributed by atoms with Crippen molar-refractivity contribution in [2.24, 2.45) is 0 Å². The third kappa shape index (κ3) is 4.76. The molecule has 1 aromatic heterocycles. The maximum atomic E-state index is 13.6. The van der Waals surface area contributed by atoms with Crippen LogP contribution in [0.2, 0.25) is 0 Å². The van der Waals surface area contributed by atoms with Gasteiger partial charge < -0.3 is 9.84 Å². The first kappa shape index (κ1) is 20.5. The summed E-state index contributed by atoms with van der Waals surface area (Å²) < 4.78 is 19.1. The van der Waals surface area contributed by atoms with Crippen LogP contribution in [-0.4, -0.2) is 34.7 Å². The van der Waals surface area contributed by atoms with Crippen LogP contribution in [0, 0.1) is 12.7 Å². The number of halogens is 2. The van der Waals surface area contributed by atoms with Crippen LogP contribution >= 0.6 is 12.4 Å². The van der Waals surface area contributed by atoms with Crippen LogP contribution in [0.4, 0.5) is 4.39 Å². The van der Waals surface area contributed by atoms with Crippen LogP contribution in [0.3, 0.4) is 0 Å². The number of hydrogen-bond acceptors (Lipinski definition) is 5. The van der Waals surface area contributed by atoms with Crippen molar-refractivity contribution < 1.29 is 8.91 Å². The largest absolute Gasteiger partial charge is 0.339 e. The molecule has 7 heteroatoms. The maximum Gasteiger partial charge on any atom is 0.231 e. The highest BCUT2D eigenvalue weighted by Gasteiger charge is 2.25. The van der Waals surface area contributed by atoms with Crippen molar-refractivity contribution in [3.63, 3.8) is 0 Å². The Labute approximate surface area is 170 Å². The lowest BCUT2D eigenvalue weighted by Crippen LogP contribution is -2.45. The van der Waals surface area contributed by atoms with E-state index in [9.17, 15) is 4.39 Å². The normalized spacial score (nSPS) is 17.3. The molecule has 28 heavy (non-hydrogen) atoms. The molecular formula is C21H24ClFN4O. The predicted molar refractivity (Wildman–Crippen MR) is 108 cm³/mol. The molecule has 5 nitrogen and oxygen atoms in total. The van der Waals surface area contributed by atoms with Crippen LogP contribution in [-0.2, 0) is 13.0 Å². The highest BCUT2D eigenvalue weighted by Crippen LogP contribution is 2.24. The molecule has 1 unspecified atom stereocenters. The van der Waals surface area contributed by atoms with Crippen molar-refractivity contribution in [3.8, 4) is 0 Å². The maximum absolute atomic E-state index is 13.6. The van der Waals surface area contributed by atoms with E-state index in [0.717, 1.165) is 25.2 Å². The van der Waals surface area contributed by atoms with Crippen LogP contribution < -0.4 is 5.32 Å². The van der Waals surface area contributed by atoms with Crippen molar-refractivity contribution in [1.29, 1.82) is 0 Å². The molecule has 1 saturated heterocycles. The number of piperazine rings is 1. The van der Waals surface area contributed by atoms with Gasteiger partial charge in [0, 0.05) is 25.7 Å². The van der Waals surface area contributed by atoms with E-state index in [1.807, 2.05) is 18.2 Å². The minimum absolute atomic E-state index is 0. The smallest absolute Gasteiger partial charge is 0.231 e. The second kappa shape index (κ2) is 9.28. The summed E-state index contributed by atoms with van der Waals surface area (Å²) in [5.41, 5.74) is 3.36. The average Bonchev–Trinajstić information content (AvgIpc) is 3.11. The van der Waals surface area contributed by atoms with Crippen molar-refractivity contribution in [2.45, 2.75) is 25.9 Å². The van der Waals surface area contributed by atoms with Gasteiger partial charge in [-0.2, -0.15) is 4.98 Å². The Bertz CT molecular complexity index is 917. The zero-order valence-corrected chi connectivity index (χ0v) is 16.6. The summed E-state index contributed by atoms with van der Waals surface area (Å²) in [6.45, 7) is 5.18. The lowest BCUT2D eigenvalue weighted by Gasteiger charge is -2.35. The van der Waals surface area contributed by atoms with Gasteiger partial charge in [0.15, 0.2) is 5.82 Å². The number of nitrogens with one attached hydrogen (secondary N) is 1. The monoisotopic (exact) mass is 402 g/mol. The van der Waals surface area contributed by atoms with E-state index in [2.05, 4.69) is 39.4 Å². The topological polar surface area (TPSA) is 54.2 Å². The molecule has 0 radical (unpaired) electrons. The Morgan fingerprint density at radius 3 is 2.89 bits per heavy atom. The molecular weight excluding hydrogens is 379 g/mol. The van der Waals surface area contributed by atoms with Gasteiger partial charge >= 0.3 is 0 Å². The number of aryl methyl sites for hydroxylation is 1. The third-order valence-electron chi connectivity index (χ3n) is 5.05. The average molecular weight is 403 g/mol. The zero-order valence-electron chi connectivity index (χ0n) is 15.8. The molecule has 0 amide bonds. The summed E-state index contributed by atoms with van der Waals surface area (Å²) in [7, 11) is 0. The molecule has 1 N–H and O–H groups in total. The fourth-order valence-electron chi connectivity index (χ4n) is 3.56. The summed E-state index contributed by atoms with van der Waals surface area (Å²) in [4.78, 5) is 6.84. The fourth-order valence-corrected chi connectivity index (χ4v) is 3.56. The fraction of sp³-hybridized carbons (Fsp3) is 0.333. The Morgan fingerprint density at radius 2 is 2.07 bits per heavy atom. The number of nitrogens with zero attached hydrogens (tertiary/aromatic N) is 3. The third-order valence-corrected chi connectivity index (χ3v) is 5.05. The lowest BCUT2D eigenvalue weighted by molar-refractivity contribution is 0.148. The molecule has 4 rings (SSSR count). The van der Waals surface area contributed by atoms with Crippen LogP contribution in [0.5, 0.6) is 0 Å². The quantitative estimate of drug-likeness (QED) is 0.705. The standard InChI is InChI=1S/C21H23FN4O.ClH/c1-15-5-2-3-6-16(15)12-21-24-20(25-27-21)14-26-10-9-23-13-19(26)17-7-4-8-18(22)11-17;/h2-8,11,19,23H,9-10,12-14H2,1H3;1H. The van der Waals surface area contributed by atoms with Gasteiger partial charge in [0.1, 0.15) is 5.82 Å². The highest BCUT2D eigenvalue weighted by molar-refractivity contribution is 5.85. The van der Waals surface area contributed by atoms with E-state index in [-0.39, 0.29) is 24.3 Å². The second-order valence-corrected chi connectivity index (χ2v) is 6.95. The van der Waals surface area contributed by atoms with Crippen molar-refractivity contribution >= 4 is 12.4 Å². The molecule has 2 aromatic carbocycles. The molecule has 1 fully saturated rings. The Balaban J connectivity index is 0.00000225. The van der Waals surface area contributed by atoms with Gasteiger partial charge in [-0.3, -0.25) is 4.90 Å². The zero-order chi connectivity index (χ0) is 18.6. The van der Waals surface area contributed by atoms with E-state index in [4.69, 9.17) is 4.52 Å². The number of benzene rings is 2. The Morgan fingerprint density at radius 1 is 1.21 bits per heavy atom. The Hall–Kier alpha value is -2.28. The SMILES string of the molecule is Cc1ccccc1Cc1nc(CN2CCNCC2c2cccc(F)c2)no1.Cl. The van der Waals surface area contributed by atoms with Crippen molar-refractivity contribution in [2.75, 3.05) is 19.6 Å². The van der Waals surface area contributed by atoms with E-state index in [1.54, 1.807) is 12.1 Å². The van der Waals surface area contributed by atoms with Crippen LogP contribution in [0.25, 0.3) is 0 Å². The minimum atomic E-state index is -0.210. The summed E-state index contributed by atoms with van der Waals surface area (Å²) in [6, 6.07) is 15.1. The van der Waals surface area contributed by atoms with Crippen LogP contribution in [0.1, 0.15) is 34.4 Å². The summed E-state index contributed by atoms with van der Waals surface area (Å²) in [6.07, 6.45) is 0.633. The summed E-state index contributed by atoms with van der Waals surface area (Å²) >= 11 is 0. The van der Waals surface area contributed by atoms with Crippen molar-refractivity contribution in [3.05, 3.63) is 82.8 Å². The molecule has 1 atom stereocenters. The van der Waals surface area contributed by atoms with Gasteiger partial charge in [0.25, 0.3) is 0 Å². The van der Waals surface area contributed by atoms with Gasteiger partial charge in [-0.15, -0.1) is 12.4 Å². The number of hydrogen-bond donors (Lipinski definition) is 1. The lowest BCUT2D eigenvalue weighted by atomic mass is 10.0. The predicted octanol–water partition coefficient (Wildman–Crippen LogP) is 3.68. The summed E-state index contributed by atoms with van der Waals surface area (Å²) in [5, 5.41) is 7.54. The molecule has 1 aliphatic heterocycles. The molecule has 3 aromatic rings. The highest BCUT2D eigenvalue weighted by atomic mass is 35.5. The second-order valence-electron chi connectivity index (χ2n) is 6.95. The molecule has 0 aliphatic carbocycles. The van der Waals surface area contributed by atoms with Gasteiger partial charge in [-0.1, -0.05) is 41.6 Å². The van der Waals surface area contributed by atoms with Gasteiger partial charge in [0.05, 0.1) is 13.0 Å². The van der Waals surface area contributed by atoms with Crippen LogP contribution in [0.15, 0.2) is 53.1 Å². The molecule has 1 aliphatic rings. The van der Waals surface area contributed by atoms with Gasteiger partial charge in [-0.25, -0.2) is 4.39 Å². The van der Waals surface area contributed by atoms with Gasteiger partial charge in [0.2, 0.25) is 5.89 Å². The van der Waals surface area contributed by atoms with Gasteiger partial charge in [-0.05, 0) is 35.7 Å². The van der Waals surface area contributed by atoms with E-state index >= 15 is 0 Å². The first-order valence-electron chi connectivity index (χ1n) is 9.25. The molecule has 0 saturated carbocycles. The van der Waals surface area contributed by atoms with Crippen molar-refractivity contribution in [1.82, 2.24) is 20.4 Å². The minimum Gasteiger partial charge on any atom is -0.339 e. The first-order chi connectivity index (χ1) is 13.2. The number of aromatic nitrogens is 2. The molecule has 148 valence electrons. The first-order valence-corrected chi connectivity index (χ1v) is 9.25. The molecule has 2 heterocycles. The number of rotatable bonds is 5. The molecule has 0 spiro atoms. The van der Waals surface area contributed by atoms with E-state index < -0.39 is 0 Å².